The van der Waals surface area contributed by atoms with E-state index in [1.54, 1.807) is 24.0 Å². The summed E-state index contributed by atoms with van der Waals surface area (Å²) in [6, 6.07) is 12.5. The number of aromatic nitrogens is 1. The fraction of sp³-hybridized carbons (Fsp3) is 0.483. The first-order chi connectivity index (χ1) is 17.8. The van der Waals surface area contributed by atoms with E-state index in [1.807, 2.05) is 6.07 Å². The number of halogens is 3. The Bertz CT molecular complexity index is 1160. The summed E-state index contributed by atoms with van der Waals surface area (Å²) in [5.41, 5.74) is 3.70. The molecule has 3 aromatic rings. The van der Waals surface area contributed by atoms with Gasteiger partial charge in [0.25, 0.3) is 0 Å². The molecule has 0 atom stereocenters. The van der Waals surface area contributed by atoms with Crippen LogP contribution in [0.15, 0.2) is 53.6 Å². The molecule has 0 aliphatic carbocycles. The number of pyridine rings is 1. The molecule has 8 heteroatoms. The third-order valence-electron chi connectivity index (χ3n) is 6.80. The zero-order valence-electron chi connectivity index (χ0n) is 21.7. The molecule has 0 unspecified atom stereocenters. The molecule has 4 nitrogen and oxygen atoms in total. The monoisotopic (exact) mass is 530 g/mol. The molecule has 4 rings (SSSR count). The van der Waals surface area contributed by atoms with E-state index in [9.17, 15) is 13.2 Å². The predicted molar refractivity (Wildman–Crippen MR) is 150 cm³/mol. The summed E-state index contributed by atoms with van der Waals surface area (Å²) < 4.78 is 39.0. The number of nitrogens with zero attached hydrogens (tertiary/aromatic N) is 2. The van der Waals surface area contributed by atoms with Gasteiger partial charge in [-0.2, -0.15) is 13.2 Å². The lowest BCUT2D eigenvalue weighted by Gasteiger charge is -2.32. The zero-order chi connectivity index (χ0) is 26.3. The molecule has 0 bridgehead atoms. The average molecular weight is 531 g/mol. The number of unbranched alkanes of at least 4 members (excludes halogenated alkanes) is 3. The van der Waals surface area contributed by atoms with Crippen LogP contribution in [-0.2, 0) is 6.18 Å². The summed E-state index contributed by atoms with van der Waals surface area (Å²) in [7, 11) is 0. The van der Waals surface area contributed by atoms with E-state index in [1.165, 1.54) is 16.9 Å². The molecule has 2 N–H and O–H groups in total. The summed E-state index contributed by atoms with van der Waals surface area (Å²) in [6.45, 7) is 9.67. The van der Waals surface area contributed by atoms with Crippen LogP contribution in [0.2, 0.25) is 0 Å². The summed E-state index contributed by atoms with van der Waals surface area (Å²) in [5, 5.41) is 7.81. The van der Waals surface area contributed by atoms with E-state index >= 15 is 0 Å². The molecule has 1 fully saturated rings. The minimum absolute atomic E-state index is 0.396. The third-order valence-corrected chi connectivity index (χ3v) is 7.95. The third kappa shape index (κ3) is 7.54. The van der Waals surface area contributed by atoms with Gasteiger partial charge in [-0.15, -0.1) is 11.8 Å². The van der Waals surface area contributed by atoms with Crippen LogP contribution in [0.5, 0.6) is 0 Å². The van der Waals surface area contributed by atoms with Crippen molar-refractivity contribution < 1.29 is 13.2 Å². The first kappa shape index (κ1) is 27.6. The molecule has 2 heterocycles. The number of nitrogens with one attached hydrogen (secondary N) is 2. The molecule has 1 aromatic heterocycles. The lowest BCUT2D eigenvalue weighted by molar-refractivity contribution is -0.137. The quantitative estimate of drug-likeness (QED) is 0.198. The Hall–Kier alpha value is -2.45. The van der Waals surface area contributed by atoms with E-state index in [2.05, 4.69) is 52.6 Å². The standard InChI is InChI=1S/C29H37F3N4S/c1-21(2)25-20-23(8-10-27(25)36-16-14-33-15-17-36)34-12-5-3-4-6-18-37-28-11-13-35-26-19-22(29(30,31)32)7-9-24(26)28/h7-11,13,19-21,33-34H,3-6,12,14-18H2,1-2H3. The largest absolute Gasteiger partial charge is 0.416 e. The Kier molecular flexibility index (Phi) is 9.60. The van der Waals surface area contributed by atoms with Gasteiger partial charge in [-0.25, -0.2) is 0 Å². The Morgan fingerprint density at radius 2 is 1.78 bits per heavy atom. The number of hydrogen-bond acceptors (Lipinski definition) is 5. The predicted octanol–water partition coefficient (Wildman–Crippen LogP) is 7.55. The smallest absolute Gasteiger partial charge is 0.385 e. The maximum atomic E-state index is 13.0. The second-order valence-electron chi connectivity index (χ2n) is 9.89. The molecule has 0 saturated carbocycles. The number of thioether (sulfide) groups is 1. The van der Waals surface area contributed by atoms with Crippen molar-refractivity contribution in [3.8, 4) is 0 Å². The van der Waals surface area contributed by atoms with Crippen LogP contribution < -0.4 is 15.5 Å². The maximum Gasteiger partial charge on any atom is 0.416 e. The number of rotatable bonds is 11. The van der Waals surface area contributed by atoms with Crippen molar-refractivity contribution in [2.45, 2.75) is 56.5 Å². The van der Waals surface area contributed by atoms with Crippen LogP contribution in [0, 0.1) is 0 Å². The second kappa shape index (κ2) is 12.9. The lowest BCUT2D eigenvalue weighted by atomic mass is 9.99. The molecule has 1 aliphatic rings. The number of hydrogen-bond donors (Lipinski definition) is 2. The van der Waals surface area contributed by atoms with Gasteiger partial charge < -0.3 is 15.5 Å². The van der Waals surface area contributed by atoms with Gasteiger partial charge >= 0.3 is 6.18 Å². The van der Waals surface area contributed by atoms with E-state index in [-0.39, 0.29) is 0 Å². The SMILES string of the molecule is CC(C)c1cc(NCCCCCCSc2ccnc3cc(C(F)(F)F)ccc23)ccc1N1CCNCC1. The maximum absolute atomic E-state index is 13.0. The van der Waals surface area contributed by atoms with Crippen LogP contribution in [0.4, 0.5) is 24.5 Å². The molecule has 37 heavy (non-hydrogen) atoms. The van der Waals surface area contributed by atoms with Gasteiger partial charge in [-0.05, 0) is 66.5 Å². The highest BCUT2D eigenvalue weighted by molar-refractivity contribution is 7.99. The fourth-order valence-electron chi connectivity index (χ4n) is 4.74. The van der Waals surface area contributed by atoms with E-state index in [4.69, 9.17) is 0 Å². The number of anilines is 2. The molecule has 1 saturated heterocycles. The highest BCUT2D eigenvalue weighted by atomic mass is 32.2. The van der Waals surface area contributed by atoms with Crippen molar-refractivity contribution in [3.63, 3.8) is 0 Å². The molecule has 0 amide bonds. The number of alkyl halides is 3. The van der Waals surface area contributed by atoms with Gasteiger partial charge in [-0.3, -0.25) is 4.98 Å². The van der Waals surface area contributed by atoms with Gasteiger partial charge in [0.2, 0.25) is 0 Å². The number of benzene rings is 2. The Morgan fingerprint density at radius 3 is 2.54 bits per heavy atom. The highest BCUT2D eigenvalue weighted by Crippen LogP contribution is 2.34. The number of fused-ring (bicyclic) bond motifs is 1. The molecule has 2 aromatic carbocycles. The van der Waals surface area contributed by atoms with Crippen molar-refractivity contribution in [2.24, 2.45) is 0 Å². The first-order valence-electron chi connectivity index (χ1n) is 13.2. The minimum atomic E-state index is -4.35. The molecule has 1 aliphatic heterocycles. The van der Waals surface area contributed by atoms with Crippen LogP contribution in [0.1, 0.15) is 56.6 Å². The zero-order valence-corrected chi connectivity index (χ0v) is 22.5. The lowest BCUT2D eigenvalue weighted by Crippen LogP contribution is -2.43. The fourth-order valence-corrected chi connectivity index (χ4v) is 5.79. The Labute approximate surface area is 222 Å². The van der Waals surface area contributed by atoms with E-state index in [0.717, 1.165) is 86.6 Å². The summed E-state index contributed by atoms with van der Waals surface area (Å²) in [5.74, 6) is 1.42. The van der Waals surface area contributed by atoms with Crippen LogP contribution in [0.25, 0.3) is 10.9 Å². The van der Waals surface area contributed by atoms with Crippen LogP contribution in [0.3, 0.4) is 0 Å². The van der Waals surface area contributed by atoms with E-state index < -0.39 is 11.7 Å². The second-order valence-corrected chi connectivity index (χ2v) is 11.0. The topological polar surface area (TPSA) is 40.2 Å². The van der Waals surface area contributed by atoms with Gasteiger partial charge in [-0.1, -0.05) is 32.8 Å². The highest BCUT2D eigenvalue weighted by Gasteiger charge is 2.30. The minimum Gasteiger partial charge on any atom is -0.385 e. The van der Waals surface area contributed by atoms with Gasteiger partial charge in [0, 0.05) is 60.6 Å². The van der Waals surface area contributed by atoms with Crippen LogP contribution in [-0.4, -0.2) is 43.5 Å². The summed E-state index contributed by atoms with van der Waals surface area (Å²) in [4.78, 5) is 7.62. The van der Waals surface area contributed by atoms with Gasteiger partial charge in [0.15, 0.2) is 0 Å². The molecule has 200 valence electrons. The van der Waals surface area contributed by atoms with Crippen molar-refractivity contribution in [1.29, 1.82) is 0 Å². The Balaban J connectivity index is 1.18. The van der Waals surface area contributed by atoms with Crippen LogP contribution >= 0.6 is 11.8 Å². The van der Waals surface area contributed by atoms with E-state index in [0.29, 0.717) is 11.4 Å². The van der Waals surface area contributed by atoms with Crippen molar-refractivity contribution in [3.05, 3.63) is 59.8 Å². The normalized spacial score (nSPS) is 14.5. The van der Waals surface area contributed by atoms with Gasteiger partial charge in [0.05, 0.1) is 11.1 Å². The van der Waals surface area contributed by atoms with Gasteiger partial charge in [0.1, 0.15) is 0 Å². The first-order valence-corrected chi connectivity index (χ1v) is 14.2. The Morgan fingerprint density at radius 1 is 1.00 bits per heavy atom. The molecular weight excluding hydrogens is 493 g/mol. The summed E-state index contributed by atoms with van der Waals surface area (Å²) in [6.07, 6.45) is 1.72. The average Bonchev–Trinajstić information content (AvgIpc) is 2.89. The molecule has 0 radical (unpaired) electrons. The molecule has 0 spiro atoms. The number of piperazine rings is 1. The molecular formula is C29H37F3N4S. The van der Waals surface area contributed by atoms with Crippen molar-refractivity contribution in [1.82, 2.24) is 10.3 Å². The van der Waals surface area contributed by atoms with Crippen molar-refractivity contribution >= 4 is 34.0 Å². The van der Waals surface area contributed by atoms with Crippen molar-refractivity contribution in [2.75, 3.05) is 48.7 Å². The summed E-state index contributed by atoms with van der Waals surface area (Å²) >= 11 is 1.70.